The second kappa shape index (κ2) is 6.52. The fraction of sp³-hybridized carbons (Fsp3) is 0.333. The average Bonchev–Trinajstić information content (AvgIpc) is 2.82. The van der Waals surface area contributed by atoms with Gasteiger partial charge in [-0.2, -0.15) is 0 Å². The number of hydrogen-bond acceptors (Lipinski definition) is 2. The molecule has 0 unspecified atom stereocenters. The molecule has 108 valence electrons. The van der Waals surface area contributed by atoms with Crippen molar-refractivity contribution in [1.29, 1.82) is 0 Å². The Hall–Kier alpha value is -0.490. The minimum Gasteiger partial charge on any atom is -0.242 e. The first-order valence-electron chi connectivity index (χ1n) is 6.35. The summed E-state index contributed by atoms with van der Waals surface area (Å²) >= 11 is 5.15. The van der Waals surface area contributed by atoms with E-state index >= 15 is 0 Å². The number of benzene rings is 1. The van der Waals surface area contributed by atoms with Crippen molar-refractivity contribution in [3.05, 3.63) is 56.7 Å². The lowest BCUT2D eigenvalue weighted by atomic mass is 10.1. The Bertz CT molecular complexity index is 589. The average molecular weight is 372 g/mol. The second-order valence-corrected chi connectivity index (χ2v) is 9.37. The van der Waals surface area contributed by atoms with Crippen molar-refractivity contribution >= 4 is 38.3 Å². The van der Waals surface area contributed by atoms with Crippen LogP contribution in [-0.4, -0.2) is 8.96 Å². The molecule has 20 heavy (non-hydrogen) atoms. The van der Waals surface area contributed by atoms with Crippen LogP contribution >= 0.6 is 27.3 Å². The van der Waals surface area contributed by atoms with Crippen molar-refractivity contribution in [2.75, 3.05) is 0 Å². The molecule has 0 aliphatic heterocycles. The predicted octanol–water partition coefficient (Wildman–Crippen LogP) is 4.65. The highest BCUT2D eigenvalue weighted by molar-refractivity contribution is 9.10. The molecule has 0 aliphatic rings. The van der Waals surface area contributed by atoms with Gasteiger partial charge >= 0.3 is 0 Å². The van der Waals surface area contributed by atoms with E-state index in [1.807, 2.05) is 44.4 Å². The maximum atomic E-state index is 12.4. The third-order valence-corrected chi connectivity index (χ3v) is 6.11. The van der Waals surface area contributed by atoms with Gasteiger partial charge in [-0.05, 0) is 48.3 Å². The number of hydrogen-bond donors (Lipinski definition) is 1. The van der Waals surface area contributed by atoms with Crippen LogP contribution in [0.4, 0.5) is 0 Å². The Morgan fingerprint density at radius 1 is 1.25 bits per heavy atom. The molecule has 0 spiro atoms. The van der Waals surface area contributed by atoms with Gasteiger partial charge in [0.25, 0.3) is 0 Å². The normalized spacial score (nSPS) is 15.0. The van der Waals surface area contributed by atoms with Gasteiger partial charge in [0.15, 0.2) is 0 Å². The zero-order valence-corrected chi connectivity index (χ0v) is 14.9. The predicted molar refractivity (Wildman–Crippen MR) is 91.3 cm³/mol. The standard InChI is InChI=1S/C15H18BrNOS2/c1-15(2,3)20(18)17-14(11-7-5-4-6-8-11)13-9-12(16)10-19-13/h4-10,14,17H,1-3H3/t14-,20-/m1/s1. The molecular weight excluding hydrogens is 354 g/mol. The summed E-state index contributed by atoms with van der Waals surface area (Å²) in [5, 5.41) is 2.05. The Morgan fingerprint density at radius 3 is 2.40 bits per heavy atom. The van der Waals surface area contributed by atoms with E-state index in [1.165, 1.54) is 0 Å². The van der Waals surface area contributed by atoms with E-state index in [0.717, 1.165) is 14.9 Å². The quantitative estimate of drug-likeness (QED) is 0.832. The highest BCUT2D eigenvalue weighted by atomic mass is 79.9. The number of rotatable bonds is 4. The molecule has 2 rings (SSSR count). The first-order chi connectivity index (χ1) is 9.38. The van der Waals surface area contributed by atoms with E-state index in [4.69, 9.17) is 0 Å². The molecule has 2 atom stereocenters. The second-order valence-electron chi connectivity index (χ2n) is 5.51. The molecule has 2 aromatic rings. The molecule has 5 heteroatoms. The van der Waals surface area contributed by atoms with Gasteiger partial charge in [-0.1, -0.05) is 30.3 Å². The van der Waals surface area contributed by atoms with Gasteiger partial charge in [0.05, 0.1) is 21.8 Å². The molecule has 1 aromatic heterocycles. The van der Waals surface area contributed by atoms with Crippen molar-refractivity contribution in [1.82, 2.24) is 4.72 Å². The van der Waals surface area contributed by atoms with Crippen molar-refractivity contribution < 1.29 is 4.21 Å². The summed E-state index contributed by atoms with van der Waals surface area (Å²) in [5.41, 5.74) is 1.12. The van der Waals surface area contributed by atoms with Crippen LogP contribution in [-0.2, 0) is 11.0 Å². The fourth-order valence-electron chi connectivity index (χ4n) is 1.70. The zero-order chi connectivity index (χ0) is 14.8. The Morgan fingerprint density at radius 2 is 1.90 bits per heavy atom. The molecule has 1 aromatic carbocycles. The van der Waals surface area contributed by atoms with Crippen LogP contribution in [0.3, 0.4) is 0 Å². The number of nitrogens with one attached hydrogen (secondary N) is 1. The number of halogens is 1. The Kier molecular flexibility index (Phi) is 5.18. The van der Waals surface area contributed by atoms with Crippen LogP contribution in [0.25, 0.3) is 0 Å². The minimum absolute atomic E-state index is 0.0486. The van der Waals surface area contributed by atoms with Gasteiger partial charge < -0.3 is 0 Å². The highest BCUT2D eigenvalue weighted by Gasteiger charge is 2.25. The van der Waals surface area contributed by atoms with Gasteiger partial charge in [-0.25, -0.2) is 8.93 Å². The first kappa shape index (κ1) is 15.9. The van der Waals surface area contributed by atoms with E-state index in [2.05, 4.69) is 38.9 Å². The lowest BCUT2D eigenvalue weighted by Crippen LogP contribution is -2.35. The molecule has 0 aliphatic carbocycles. The van der Waals surface area contributed by atoms with Crippen LogP contribution in [0, 0.1) is 0 Å². The molecule has 1 N–H and O–H groups in total. The largest absolute Gasteiger partial charge is 0.242 e. The maximum Gasteiger partial charge on any atom is 0.0979 e. The molecule has 0 bridgehead atoms. The van der Waals surface area contributed by atoms with Gasteiger partial charge in [-0.3, -0.25) is 0 Å². The Labute approximate surface area is 135 Å². The van der Waals surface area contributed by atoms with Crippen LogP contribution < -0.4 is 4.72 Å². The lowest BCUT2D eigenvalue weighted by molar-refractivity contribution is 0.625. The van der Waals surface area contributed by atoms with Gasteiger partial charge in [-0.15, -0.1) is 11.3 Å². The molecule has 1 heterocycles. The summed E-state index contributed by atoms with van der Waals surface area (Å²) in [7, 11) is -1.12. The summed E-state index contributed by atoms with van der Waals surface area (Å²) in [6.07, 6.45) is 0. The van der Waals surface area contributed by atoms with E-state index in [9.17, 15) is 4.21 Å². The highest BCUT2D eigenvalue weighted by Crippen LogP contribution is 2.31. The monoisotopic (exact) mass is 371 g/mol. The van der Waals surface area contributed by atoms with Crippen LogP contribution in [0.15, 0.2) is 46.3 Å². The van der Waals surface area contributed by atoms with Crippen molar-refractivity contribution in [3.8, 4) is 0 Å². The summed E-state index contributed by atoms with van der Waals surface area (Å²) < 4.78 is 16.5. The van der Waals surface area contributed by atoms with Gasteiger partial charge in [0, 0.05) is 14.7 Å². The van der Waals surface area contributed by atoms with E-state index in [-0.39, 0.29) is 10.8 Å². The van der Waals surface area contributed by atoms with E-state index < -0.39 is 11.0 Å². The van der Waals surface area contributed by atoms with E-state index in [1.54, 1.807) is 11.3 Å². The molecule has 2 nitrogen and oxygen atoms in total. The van der Waals surface area contributed by atoms with Crippen LogP contribution in [0.2, 0.25) is 0 Å². The van der Waals surface area contributed by atoms with E-state index in [0.29, 0.717) is 0 Å². The number of thiophene rings is 1. The third kappa shape index (κ3) is 4.01. The maximum absolute atomic E-state index is 12.4. The van der Waals surface area contributed by atoms with Crippen LogP contribution in [0.1, 0.15) is 37.3 Å². The van der Waals surface area contributed by atoms with Crippen molar-refractivity contribution in [2.24, 2.45) is 0 Å². The molecule has 0 fully saturated rings. The zero-order valence-electron chi connectivity index (χ0n) is 11.7. The summed E-state index contributed by atoms with van der Waals surface area (Å²) in [5.74, 6) is 0. The molecule has 0 saturated carbocycles. The van der Waals surface area contributed by atoms with Crippen molar-refractivity contribution in [3.63, 3.8) is 0 Å². The topological polar surface area (TPSA) is 29.1 Å². The molecule has 0 amide bonds. The third-order valence-electron chi connectivity index (χ3n) is 2.79. The van der Waals surface area contributed by atoms with Gasteiger partial charge in [0.1, 0.15) is 0 Å². The summed E-state index contributed by atoms with van der Waals surface area (Å²) in [6, 6.07) is 12.2. The smallest absolute Gasteiger partial charge is 0.0979 e. The van der Waals surface area contributed by atoms with Gasteiger partial charge in [0.2, 0.25) is 0 Å². The molecular formula is C15H18BrNOS2. The van der Waals surface area contributed by atoms with Crippen LogP contribution in [0.5, 0.6) is 0 Å². The minimum atomic E-state index is -1.12. The Balaban J connectivity index is 2.33. The summed E-state index contributed by atoms with van der Waals surface area (Å²) in [6.45, 7) is 5.92. The van der Waals surface area contributed by atoms with Crippen molar-refractivity contribution in [2.45, 2.75) is 31.6 Å². The lowest BCUT2D eigenvalue weighted by Gasteiger charge is -2.24. The SMILES string of the molecule is CC(C)(C)[S@@](=O)N[C@H](c1ccccc1)c1cc(Br)cs1. The molecule has 0 saturated heterocycles. The first-order valence-corrected chi connectivity index (χ1v) is 9.17. The molecule has 0 radical (unpaired) electrons. The fourth-order valence-corrected chi connectivity index (χ4v) is 4.13. The summed E-state index contributed by atoms with van der Waals surface area (Å²) in [4.78, 5) is 1.15.